The fourth-order valence-electron chi connectivity index (χ4n) is 4.09. The van der Waals surface area contributed by atoms with E-state index in [9.17, 15) is 0 Å². The van der Waals surface area contributed by atoms with Gasteiger partial charge in [0.2, 0.25) is 0 Å². The third-order valence-corrected chi connectivity index (χ3v) is 6.19. The van der Waals surface area contributed by atoms with Crippen LogP contribution in [0.15, 0.2) is 72.8 Å². The van der Waals surface area contributed by atoms with Gasteiger partial charge in [-0.25, -0.2) is 0 Å². The summed E-state index contributed by atoms with van der Waals surface area (Å²) in [5.41, 5.74) is 3.69. The van der Waals surface area contributed by atoms with Crippen LogP contribution in [0.2, 0.25) is 0 Å². The van der Waals surface area contributed by atoms with Crippen LogP contribution in [-0.2, 0) is 27.9 Å². The first-order valence-electron chi connectivity index (χ1n) is 12.3. The van der Waals surface area contributed by atoms with Gasteiger partial charge in [-0.1, -0.05) is 48.5 Å². The molecule has 3 rings (SSSR count). The van der Waals surface area contributed by atoms with Crippen molar-refractivity contribution in [2.75, 3.05) is 55.9 Å². The second kappa shape index (κ2) is 15.6. The van der Waals surface area contributed by atoms with Gasteiger partial charge in [0, 0.05) is 47.6 Å². The van der Waals surface area contributed by atoms with Gasteiger partial charge in [0.05, 0.1) is 14.2 Å². The SMILES string of the molecule is COB(OC)c1ccc(C(COB(OC)c2ccc(OC)cc2)COB(OC)c2cccc(OC)c2)cc1. The third-order valence-electron chi connectivity index (χ3n) is 6.19. The van der Waals surface area contributed by atoms with E-state index in [1.54, 1.807) is 42.7 Å². The molecule has 3 aromatic rings. The molecule has 0 radical (unpaired) electrons. The molecule has 0 amide bonds. The van der Waals surface area contributed by atoms with E-state index in [2.05, 4.69) is 0 Å². The van der Waals surface area contributed by atoms with Crippen molar-refractivity contribution in [3.8, 4) is 11.5 Å². The predicted octanol–water partition coefficient (Wildman–Crippen LogP) is 1.89. The lowest BCUT2D eigenvalue weighted by molar-refractivity contribution is 0.172. The summed E-state index contributed by atoms with van der Waals surface area (Å²) in [6.07, 6.45) is 0. The van der Waals surface area contributed by atoms with E-state index in [4.69, 9.17) is 37.4 Å². The summed E-state index contributed by atoms with van der Waals surface area (Å²) in [4.78, 5) is 0. The van der Waals surface area contributed by atoms with Crippen molar-refractivity contribution < 1.29 is 37.4 Å². The molecule has 3 aromatic carbocycles. The molecular weight excluding hydrogens is 485 g/mol. The van der Waals surface area contributed by atoms with Gasteiger partial charge in [-0.2, -0.15) is 0 Å². The van der Waals surface area contributed by atoms with Crippen molar-refractivity contribution >= 4 is 37.7 Å². The van der Waals surface area contributed by atoms with Gasteiger partial charge in [-0.15, -0.1) is 0 Å². The maximum Gasteiger partial charge on any atom is 0.493 e. The van der Waals surface area contributed by atoms with Crippen LogP contribution < -0.4 is 25.9 Å². The minimum absolute atomic E-state index is 0.119. The highest BCUT2D eigenvalue weighted by molar-refractivity contribution is 6.62. The Morgan fingerprint density at radius 3 is 1.55 bits per heavy atom. The lowest BCUT2D eigenvalue weighted by atomic mass is 9.77. The first kappa shape index (κ1) is 29.8. The molecule has 0 N–H and O–H groups in total. The zero-order valence-corrected chi connectivity index (χ0v) is 22.9. The monoisotopic (exact) mass is 520 g/mol. The van der Waals surface area contributed by atoms with E-state index in [0.717, 1.165) is 33.5 Å². The van der Waals surface area contributed by atoms with Crippen molar-refractivity contribution in [3.05, 3.63) is 78.4 Å². The van der Waals surface area contributed by atoms with E-state index < -0.39 is 21.4 Å². The number of ether oxygens (including phenoxy) is 2. The molecule has 0 fully saturated rings. The van der Waals surface area contributed by atoms with E-state index in [1.807, 2.05) is 72.8 Å². The van der Waals surface area contributed by atoms with Crippen molar-refractivity contribution in [3.63, 3.8) is 0 Å². The Bertz CT molecular complexity index is 1080. The van der Waals surface area contributed by atoms with Crippen LogP contribution in [0.4, 0.5) is 0 Å². The summed E-state index contributed by atoms with van der Waals surface area (Å²) >= 11 is 0. The predicted molar refractivity (Wildman–Crippen MR) is 151 cm³/mol. The highest BCUT2D eigenvalue weighted by atomic mass is 16.6. The number of hydrogen-bond donors (Lipinski definition) is 0. The lowest BCUT2D eigenvalue weighted by Gasteiger charge is -2.23. The highest BCUT2D eigenvalue weighted by Crippen LogP contribution is 2.18. The zero-order valence-electron chi connectivity index (χ0n) is 22.9. The molecule has 11 heteroatoms. The normalized spacial score (nSPS) is 11.6. The summed E-state index contributed by atoms with van der Waals surface area (Å²) < 4.78 is 45.2. The van der Waals surface area contributed by atoms with E-state index in [1.165, 1.54) is 0 Å². The molecule has 0 saturated carbocycles. The maximum absolute atomic E-state index is 6.25. The van der Waals surface area contributed by atoms with Crippen LogP contribution in [0.3, 0.4) is 0 Å². The molecule has 0 saturated heterocycles. The van der Waals surface area contributed by atoms with Crippen LogP contribution in [0.1, 0.15) is 11.5 Å². The molecule has 38 heavy (non-hydrogen) atoms. The van der Waals surface area contributed by atoms with Crippen LogP contribution in [0, 0.1) is 0 Å². The van der Waals surface area contributed by atoms with Gasteiger partial charge < -0.3 is 37.4 Å². The van der Waals surface area contributed by atoms with Crippen LogP contribution in [0.5, 0.6) is 11.5 Å². The van der Waals surface area contributed by atoms with Crippen LogP contribution in [-0.4, -0.2) is 77.2 Å². The third kappa shape index (κ3) is 8.10. The average molecular weight is 520 g/mol. The summed E-state index contributed by atoms with van der Waals surface area (Å²) in [6.45, 7) is 0.683. The number of benzene rings is 3. The minimum atomic E-state index is -0.571. The standard InChI is InChI=1S/C27H35B3O8/c1-31-26-16-14-24(15-17-26)29(35-5)37-19-22(21-10-12-23(13-11-21)28(33-3)34-4)20-38-30(36-6)25-8-7-9-27(18-25)32-2/h7-18,22H,19-20H2,1-6H3. The van der Waals surface area contributed by atoms with Crippen LogP contribution in [0.25, 0.3) is 0 Å². The molecule has 200 valence electrons. The van der Waals surface area contributed by atoms with Crippen LogP contribution >= 0.6 is 0 Å². The zero-order chi connectivity index (χ0) is 27.3. The number of hydrogen-bond acceptors (Lipinski definition) is 8. The first-order chi connectivity index (χ1) is 18.6. The van der Waals surface area contributed by atoms with Crippen molar-refractivity contribution in [1.29, 1.82) is 0 Å². The van der Waals surface area contributed by atoms with E-state index in [-0.39, 0.29) is 5.92 Å². The molecule has 0 aromatic heterocycles. The van der Waals surface area contributed by atoms with Gasteiger partial charge in [0.15, 0.2) is 0 Å². The molecule has 1 unspecified atom stereocenters. The molecule has 1 atom stereocenters. The molecule has 0 aliphatic heterocycles. The molecule has 0 aliphatic carbocycles. The van der Waals surface area contributed by atoms with Crippen molar-refractivity contribution in [2.24, 2.45) is 0 Å². The van der Waals surface area contributed by atoms with Gasteiger partial charge in [0.25, 0.3) is 0 Å². The lowest BCUT2D eigenvalue weighted by Crippen LogP contribution is -2.39. The molecular formula is C27H35B3O8. The number of methoxy groups -OCH3 is 2. The molecule has 0 aliphatic rings. The second-order valence-corrected chi connectivity index (χ2v) is 8.52. The summed E-state index contributed by atoms with van der Waals surface area (Å²) in [5.74, 6) is 1.38. The Morgan fingerprint density at radius 1 is 0.526 bits per heavy atom. The van der Waals surface area contributed by atoms with Gasteiger partial charge >= 0.3 is 21.4 Å². The molecule has 8 nitrogen and oxygen atoms in total. The van der Waals surface area contributed by atoms with Gasteiger partial charge in [-0.3, -0.25) is 0 Å². The second-order valence-electron chi connectivity index (χ2n) is 8.52. The Morgan fingerprint density at radius 2 is 1.03 bits per heavy atom. The average Bonchev–Trinajstić information content (AvgIpc) is 2.98. The summed E-state index contributed by atoms with van der Waals surface area (Å²) in [5, 5.41) is 0. The Hall–Kier alpha value is -2.79. The van der Waals surface area contributed by atoms with Gasteiger partial charge in [0.1, 0.15) is 11.5 Å². The fourth-order valence-corrected chi connectivity index (χ4v) is 4.09. The number of rotatable bonds is 16. The van der Waals surface area contributed by atoms with Crippen molar-refractivity contribution in [2.45, 2.75) is 5.92 Å². The van der Waals surface area contributed by atoms with E-state index >= 15 is 0 Å². The Kier molecular flexibility index (Phi) is 12.2. The topological polar surface area (TPSA) is 73.8 Å². The van der Waals surface area contributed by atoms with Crippen molar-refractivity contribution in [1.82, 2.24) is 0 Å². The smallest absolute Gasteiger partial charge is 0.493 e. The fraction of sp³-hybridized carbons (Fsp3) is 0.333. The summed E-state index contributed by atoms with van der Waals surface area (Å²) in [6, 6.07) is 23.2. The summed E-state index contributed by atoms with van der Waals surface area (Å²) in [7, 11) is 8.16. The molecule has 0 bridgehead atoms. The van der Waals surface area contributed by atoms with E-state index in [0.29, 0.717) is 13.2 Å². The maximum atomic E-state index is 6.25. The first-order valence-corrected chi connectivity index (χ1v) is 12.3. The molecule has 0 spiro atoms. The molecule has 0 heterocycles. The highest BCUT2D eigenvalue weighted by Gasteiger charge is 2.27. The largest absolute Gasteiger partial charge is 0.497 e. The Balaban J connectivity index is 1.79. The minimum Gasteiger partial charge on any atom is -0.497 e. The quantitative estimate of drug-likeness (QED) is 0.266. The van der Waals surface area contributed by atoms with Gasteiger partial charge in [-0.05, 0) is 46.2 Å². The Labute approximate surface area is 226 Å².